The van der Waals surface area contributed by atoms with Crippen molar-refractivity contribution in [2.75, 3.05) is 13.1 Å². The first-order chi connectivity index (χ1) is 6.82. The van der Waals surface area contributed by atoms with Crippen molar-refractivity contribution in [3.05, 3.63) is 0 Å². The number of likely N-dealkylation sites (tertiary alicyclic amines) is 1. The Labute approximate surface area is 88.1 Å². The van der Waals surface area contributed by atoms with Crippen molar-refractivity contribution in [2.45, 2.75) is 45.0 Å². The van der Waals surface area contributed by atoms with Crippen LogP contribution in [0.2, 0.25) is 0 Å². The van der Waals surface area contributed by atoms with E-state index in [0.717, 1.165) is 0 Å². The highest BCUT2D eigenvalue weighted by molar-refractivity contribution is 4.82. The van der Waals surface area contributed by atoms with Crippen LogP contribution in [0.4, 0.5) is 13.2 Å². The lowest BCUT2D eigenvalue weighted by atomic mass is 9.95. The summed E-state index contributed by atoms with van der Waals surface area (Å²) in [6.45, 7) is 4.06. The smallest absolute Gasteiger partial charge is 0.392 e. The number of hydrogen-bond acceptors (Lipinski definition) is 2. The van der Waals surface area contributed by atoms with Crippen LogP contribution in [-0.2, 0) is 0 Å². The molecule has 0 spiro atoms. The molecule has 1 fully saturated rings. The minimum absolute atomic E-state index is 0.0234. The maximum Gasteiger partial charge on any atom is 0.393 e. The molecule has 0 amide bonds. The second kappa shape index (κ2) is 4.70. The second-order valence-electron chi connectivity index (χ2n) is 4.36. The van der Waals surface area contributed by atoms with E-state index < -0.39 is 18.2 Å². The van der Waals surface area contributed by atoms with E-state index in [2.05, 4.69) is 0 Å². The highest BCUT2D eigenvalue weighted by Crippen LogP contribution is 2.33. The van der Waals surface area contributed by atoms with Gasteiger partial charge in [-0.15, -0.1) is 0 Å². The summed E-state index contributed by atoms with van der Waals surface area (Å²) in [6.07, 6.45) is -3.91. The molecule has 15 heavy (non-hydrogen) atoms. The largest absolute Gasteiger partial charge is 0.393 e. The molecule has 3 atom stereocenters. The van der Waals surface area contributed by atoms with Crippen LogP contribution < -0.4 is 0 Å². The predicted octanol–water partition coefficient (Wildman–Crippen LogP) is 2.03. The normalized spacial score (nSPS) is 28.8. The van der Waals surface area contributed by atoms with Gasteiger partial charge in [-0.25, -0.2) is 0 Å². The number of rotatable bonds is 2. The Morgan fingerprint density at radius 2 is 1.93 bits per heavy atom. The van der Waals surface area contributed by atoms with Crippen molar-refractivity contribution in [3.63, 3.8) is 0 Å². The van der Waals surface area contributed by atoms with Gasteiger partial charge < -0.3 is 5.11 Å². The number of halogens is 3. The third-order valence-electron chi connectivity index (χ3n) is 3.19. The minimum atomic E-state index is -4.10. The van der Waals surface area contributed by atoms with Crippen LogP contribution in [-0.4, -0.2) is 41.4 Å². The molecule has 0 saturated carbocycles. The van der Waals surface area contributed by atoms with E-state index >= 15 is 0 Å². The fraction of sp³-hybridized carbons (Fsp3) is 1.00. The van der Waals surface area contributed by atoms with Crippen molar-refractivity contribution in [2.24, 2.45) is 5.92 Å². The van der Waals surface area contributed by atoms with E-state index in [0.29, 0.717) is 13.0 Å². The maximum atomic E-state index is 12.5. The molecular formula is C10H18F3NO. The zero-order chi connectivity index (χ0) is 11.6. The average Bonchev–Trinajstić information content (AvgIpc) is 2.15. The first kappa shape index (κ1) is 12.8. The first-order valence-electron chi connectivity index (χ1n) is 5.31. The van der Waals surface area contributed by atoms with Gasteiger partial charge in [0.25, 0.3) is 0 Å². The minimum Gasteiger partial charge on any atom is -0.392 e. The molecule has 0 aliphatic carbocycles. The summed E-state index contributed by atoms with van der Waals surface area (Å²) < 4.78 is 37.5. The Morgan fingerprint density at radius 1 is 1.33 bits per heavy atom. The molecule has 2 nitrogen and oxygen atoms in total. The Bertz CT molecular complexity index is 205. The van der Waals surface area contributed by atoms with E-state index in [9.17, 15) is 18.3 Å². The van der Waals surface area contributed by atoms with Crippen molar-refractivity contribution >= 4 is 0 Å². The molecule has 1 N–H and O–H groups in total. The summed E-state index contributed by atoms with van der Waals surface area (Å²) in [5.41, 5.74) is 0. The molecule has 90 valence electrons. The zero-order valence-corrected chi connectivity index (χ0v) is 9.09. The molecule has 3 unspecified atom stereocenters. The number of nitrogens with zero attached hydrogens (tertiary/aromatic N) is 1. The molecule has 1 rings (SSSR count). The molecule has 5 heteroatoms. The topological polar surface area (TPSA) is 23.5 Å². The first-order valence-corrected chi connectivity index (χ1v) is 5.31. The molecule has 0 aromatic carbocycles. The van der Waals surface area contributed by atoms with E-state index in [4.69, 9.17) is 0 Å². The Kier molecular flexibility index (Phi) is 4.00. The van der Waals surface area contributed by atoms with Gasteiger partial charge in [0, 0.05) is 12.6 Å². The summed E-state index contributed by atoms with van der Waals surface area (Å²) in [5.74, 6) is -1.23. The van der Waals surface area contributed by atoms with Crippen LogP contribution in [0.25, 0.3) is 0 Å². The fourth-order valence-electron chi connectivity index (χ4n) is 1.95. The van der Waals surface area contributed by atoms with Gasteiger partial charge in [-0.3, -0.25) is 4.90 Å². The standard InChI is InChI=1S/C10H18F3NO/c1-7(8(2)15)14-5-3-4-9(6-14)10(11,12)13/h7-9,15H,3-6H2,1-2H3. The van der Waals surface area contributed by atoms with Gasteiger partial charge in [-0.1, -0.05) is 0 Å². The monoisotopic (exact) mass is 225 g/mol. The third kappa shape index (κ3) is 3.34. The van der Waals surface area contributed by atoms with Crippen LogP contribution in [0.15, 0.2) is 0 Å². The molecule has 0 radical (unpaired) electrons. The summed E-state index contributed by atoms with van der Waals surface area (Å²) in [6, 6.07) is -0.199. The Hall–Kier alpha value is -0.290. The van der Waals surface area contributed by atoms with E-state index in [1.807, 2.05) is 0 Å². The molecule has 0 bridgehead atoms. The van der Waals surface area contributed by atoms with Crippen LogP contribution in [0.5, 0.6) is 0 Å². The van der Waals surface area contributed by atoms with E-state index in [1.165, 1.54) is 0 Å². The average molecular weight is 225 g/mol. The van der Waals surface area contributed by atoms with E-state index in [1.54, 1.807) is 18.7 Å². The summed E-state index contributed by atoms with van der Waals surface area (Å²) in [5, 5.41) is 9.34. The van der Waals surface area contributed by atoms with Crippen molar-refractivity contribution in [1.29, 1.82) is 0 Å². The second-order valence-corrected chi connectivity index (χ2v) is 4.36. The van der Waals surface area contributed by atoms with E-state index in [-0.39, 0.29) is 19.0 Å². The molecule has 1 heterocycles. The lowest BCUT2D eigenvalue weighted by molar-refractivity contribution is -0.189. The van der Waals surface area contributed by atoms with Gasteiger partial charge >= 0.3 is 6.18 Å². The number of aliphatic hydroxyl groups excluding tert-OH is 1. The van der Waals surface area contributed by atoms with Gasteiger partial charge in [0.05, 0.1) is 12.0 Å². The molecule has 0 aromatic heterocycles. The summed E-state index contributed by atoms with van der Waals surface area (Å²) in [7, 11) is 0. The quantitative estimate of drug-likeness (QED) is 0.777. The molecule has 1 saturated heterocycles. The summed E-state index contributed by atoms with van der Waals surface area (Å²) in [4.78, 5) is 1.73. The Morgan fingerprint density at radius 3 is 2.40 bits per heavy atom. The van der Waals surface area contributed by atoms with Gasteiger partial charge in [0.1, 0.15) is 0 Å². The fourth-order valence-corrected chi connectivity index (χ4v) is 1.95. The SMILES string of the molecule is CC(O)C(C)N1CCCC(C(F)(F)F)C1. The van der Waals surface area contributed by atoms with Gasteiger partial charge in [-0.2, -0.15) is 13.2 Å². The molecule has 0 aromatic rings. The lowest BCUT2D eigenvalue weighted by Gasteiger charge is -2.38. The van der Waals surface area contributed by atoms with Crippen LogP contribution >= 0.6 is 0 Å². The maximum absolute atomic E-state index is 12.5. The van der Waals surface area contributed by atoms with Gasteiger partial charge in [0.2, 0.25) is 0 Å². The van der Waals surface area contributed by atoms with Gasteiger partial charge in [0.15, 0.2) is 0 Å². The van der Waals surface area contributed by atoms with Crippen molar-refractivity contribution < 1.29 is 18.3 Å². The van der Waals surface area contributed by atoms with Crippen molar-refractivity contribution in [3.8, 4) is 0 Å². The number of alkyl halides is 3. The molecule has 1 aliphatic rings. The highest BCUT2D eigenvalue weighted by atomic mass is 19.4. The van der Waals surface area contributed by atoms with Crippen LogP contribution in [0, 0.1) is 5.92 Å². The Balaban J connectivity index is 2.56. The molecule has 1 aliphatic heterocycles. The number of aliphatic hydroxyl groups is 1. The number of hydrogen-bond donors (Lipinski definition) is 1. The van der Waals surface area contributed by atoms with Crippen LogP contribution in [0.3, 0.4) is 0 Å². The number of piperidine rings is 1. The summed E-state index contributed by atoms with van der Waals surface area (Å²) >= 11 is 0. The van der Waals surface area contributed by atoms with Crippen LogP contribution in [0.1, 0.15) is 26.7 Å². The third-order valence-corrected chi connectivity index (χ3v) is 3.19. The highest BCUT2D eigenvalue weighted by Gasteiger charge is 2.42. The molecular weight excluding hydrogens is 207 g/mol. The predicted molar refractivity (Wildman–Crippen MR) is 51.5 cm³/mol. The van der Waals surface area contributed by atoms with Crippen molar-refractivity contribution in [1.82, 2.24) is 4.90 Å². The van der Waals surface area contributed by atoms with Gasteiger partial charge in [-0.05, 0) is 33.2 Å². The lowest BCUT2D eigenvalue weighted by Crippen LogP contribution is -2.48. The zero-order valence-electron chi connectivity index (χ0n) is 9.09.